The molecule has 0 amide bonds. The minimum absolute atomic E-state index is 0.303. The lowest BCUT2D eigenvalue weighted by Gasteiger charge is -2.31. The maximum absolute atomic E-state index is 11.1. The van der Waals surface area contributed by atoms with Crippen LogP contribution < -0.4 is 0 Å². The van der Waals surface area contributed by atoms with E-state index in [2.05, 4.69) is 0 Å². The van der Waals surface area contributed by atoms with Gasteiger partial charge in [-0.2, -0.15) is 0 Å². The van der Waals surface area contributed by atoms with Crippen LogP contribution in [0, 0.1) is 5.92 Å². The smallest absolute Gasteiger partial charge is 0.214 e. The van der Waals surface area contributed by atoms with Crippen LogP contribution in [0.15, 0.2) is 11.3 Å². The minimum atomic E-state index is -0.853. The summed E-state index contributed by atoms with van der Waals surface area (Å²) < 4.78 is 6.10. The van der Waals surface area contributed by atoms with Crippen LogP contribution in [0.4, 0.5) is 0 Å². The first-order valence-corrected chi connectivity index (χ1v) is 8.93. The highest BCUT2D eigenvalue weighted by molar-refractivity contribution is 5.23. The fourth-order valence-electron chi connectivity index (χ4n) is 4.36. The van der Waals surface area contributed by atoms with Crippen LogP contribution in [0.3, 0.4) is 0 Å². The van der Waals surface area contributed by atoms with E-state index < -0.39 is 5.79 Å². The van der Waals surface area contributed by atoms with Gasteiger partial charge in [-0.25, -0.2) is 0 Å². The third-order valence-electron chi connectivity index (χ3n) is 5.50. The molecule has 2 nitrogen and oxygen atoms in total. The molecule has 0 aromatic carbocycles. The zero-order valence-electron chi connectivity index (χ0n) is 12.8. The van der Waals surface area contributed by atoms with Crippen LogP contribution in [0.1, 0.15) is 89.9 Å². The summed E-state index contributed by atoms with van der Waals surface area (Å²) in [5.41, 5.74) is 1.48. The van der Waals surface area contributed by atoms with Crippen molar-refractivity contribution in [3.8, 4) is 0 Å². The Morgan fingerprint density at radius 1 is 0.800 bits per heavy atom. The summed E-state index contributed by atoms with van der Waals surface area (Å²) >= 11 is 0. The van der Waals surface area contributed by atoms with E-state index in [9.17, 15) is 5.11 Å². The summed E-state index contributed by atoms with van der Waals surface area (Å²) in [5, 5.41) is 11.1. The Morgan fingerprint density at radius 2 is 1.45 bits per heavy atom. The number of ether oxygens (including phenoxy) is 1. The molecule has 3 aliphatic rings. The molecule has 2 heteroatoms. The molecule has 0 aromatic rings. The van der Waals surface area contributed by atoms with Crippen LogP contribution in [-0.2, 0) is 4.74 Å². The molecule has 0 radical (unpaired) electrons. The van der Waals surface area contributed by atoms with Crippen LogP contribution in [-0.4, -0.2) is 10.9 Å². The van der Waals surface area contributed by atoms with Gasteiger partial charge in [-0.3, -0.25) is 0 Å². The van der Waals surface area contributed by atoms with E-state index in [1.165, 1.54) is 75.5 Å². The number of allylic oxidation sites excluding steroid dienone is 1. The molecule has 1 fully saturated rings. The fourth-order valence-corrected chi connectivity index (χ4v) is 4.36. The topological polar surface area (TPSA) is 29.5 Å². The number of aliphatic hydroxyl groups is 1. The van der Waals surface area contributed by atoms with Crippen LogP contribution in [0.25, 0.3) is 0 Å². The Labute approximate surface area is 123 Å². The lowest BCUT2D eigenvalue weighted by Crippen LogP contribution is -2.37. The van der Waals surface area contributed by atoms with Crippen molar-refractivity contribution in [2.75, 3.05) is 0 Å². The average Bonchev–Trinajstić information content (AvgIpc) is 2.72. The number of fused-ring (bicyclic) bond motifs is 2. The Balaban J connectivity index is 1.72. The zero-order valence-corrected chi connectivity index (χ0v) is 12.8. The number of rotatable bonds is 0. The van der Waals surface area contributed by atoms with Gasteiger partial charge in [0.05, 0.1) is 5.76 Å². The maximum Gasteiger partial charge on any atom is 0.214 e. The summed E-state index contributed by atoms with van der Waals surface area (Å²) in [6.45, 7) is 0. The van der Waals surface area contributed by atoms with Gasteiger partial charge in [0.25, 0.3) is 0 Å². The van der Waals surface area contributed by atoms with Crippen molar-refractivity contribution in [3.05, 3.63) is 11.3 Å². The molecule has 20 heavy (non-hydrogen) atoms. The molecule has 2 aliphatic carbocycles. The minimum Gasteiger partial charge on any atom is -0.466 e. The second-order valence-electron chi connectivity index (χ2n) is 7.02. The molecule has 0 saturated heterocycles. The predicted octanol–water partition coefficient (Wildman–Crippen LogP) is 5.06. The predicted molar refractivity (Wildman–Crippen MR) is 81.2 cm³/mol. The summed E-state index contributed by atoms with van der Waals surface area (Å²) in [7, 11) is 0. The zero-order chi connectivity index (χ0) is 13.8. The molecule has 0 bridgehead atoms. The molecule has 0 spiro atoms. The first kappa shape index (κ1) is 14.4. The Morgan fingerprint density at radius 3 is 2.25 bits per heavy atom. The summed E-state index contributed by atoms with van der Waals surface area (Å²) in [5.74, 6) is 0.615. The van der Waals surface area contributed by atoms with Gasteiger partial charge in [0, 0.05) is 18.8 Å². The summed E-state index contributed by atoms with van der Waals surface area (Å²) in [4.78, 5) is 0. The van der Waals surface area contributed by atoms with Crippen LogP contribution in [0.2, 0.25) is 0 Å². The molecule has 2 atom stereocenters. The maximum atomic E-state index is 11.1. The van der Waals surface area contributed by atoms with E-state index in [1.54, 1.807) is 0 Å². The van der Waals surface area contributed by atoms with Crippen molar-refractivity contribution >= 4 is 0 Å². The molecule has 1 N–H and O–H groups in total. The SMILES string of the molecule is OC12CCCCCCCCCCC1C1=C(CCCC1)O2. The molecule has 1 saturated carbocycles. The lowest BCUT2D eigenvalue weighted by molar-refractivity contribution is -0.195. The lowest BCUT2D eigenvalue weighted by atomic mass is 9.80. The van der Waals surface area contributed by atoms with Crippen LogP contribution in [0.5, 0.6) is 0 Å². The van der Waals surface area contributed by atoms with Crippen molar-refractivity contribution in [3.63, 3.8) is 0 Å². The molecule has 1 heterocycles. The fraction of sp³-hybridized carbons (Fsp3) is 0.889. The highest BCUT2D eigenvalue weighted by Gasteiger charge is 2.47. The summed E-state index contributed by atoms with van der Waals surface area (Å²) in [6.07, 6.45) is 17.2. The van der Waals surface area contributed by atoms with Crippen LogP contribution >= 0.6 is 0 Å². The van der Waals surface area contributed by atoms with E-state index >= 15 is 0 Å². The Hall–Kier alpha value is -0.500. The van der Waals surface area contributed by atoms with E-state index in [0.717, 1.165) is 25.7 Å². The van der Waals surface area contributed by atoms with Gasteiger partial charge in [-0.05, 0) is 37.7 Å². The summed E-state index contributed by atoms with van der Waals surface area (Å²) in [6, 6.07) is 0. The molecule has 2 unspecified atom stereocenters. The van der Waals surface area contributed by atoms with Gasteiger partial charge in [0.1, 0.15) is 0 Å². The van der Waals surface area contributed by atoms with E-state index in [4.69, 9.17) is 4.74 Å². The van der Waals surface area contributed by atoms with Gasteiger partial charge in [0.2, 0.25) is 5.79 Å². The highest BCUT2D eigenvalue weighted by atomic mass is 16.6. The first-order valence-electron chi connectivity index (χ1n) is 8.93. The first-order chi connectivity index (χ1) is 9.80. The van der Waals surface area contributed by atoms with Crippen molar-refractivity contribution in [2.45, 2.75) is 95.7 Å². The molecule has 114 valence electrons. The van der Waals surface area contributed by atoms with Gasteiger partial charge in [0.15, 0.2) is 0 Å². The molecule has 0 aromatic heterocycles. The number of hydrogen-bond donors (Lipinski definition) is 1. The second-order valence-corrected chi connectivity index (χ2v) is 7.02. The third kappa shape index (κ3) is 3.05. The third-order valence-corrected chi connectivity index (χ3v) is 5.50. The normalized spacial score (nSPS) is 36.4. The Bertz CT molecular complexity index is 360. The van der Waals surface area contributed by atoms with Crippen molar-refractivity contribution in [1.82, 2.24) is 0 Å². The van der Waals surface area contributed by atoms with E-state index in [0.29, 0.717) is 5.92 Å². The largest absolute Gasteiger partial charge is 0.466 e. The average molecular weight is 278 g/mol. The molecule has 3 rings (SSSR count). The number of hydrogen-bond acceptors (Lipinski definition) is 2. The van der Waals surface area contributed by atoms with Gasteiger partial charge >= 0.3 is 0 Å². The van der Waals surface area contributed by atoms with E-state index in [1.807, 2.05) is 0 Å². The van der Waals surface area contributed by atoms with Gasteiger partial charge < -0.3 is 9.84 Å². The van der Waals surface area contributed by atoms with Gasteiger partial charge in [-0.15, -0.1) is 0 Å². The van der Waals surface area contributed by atoms with Crippen molar-refractivity contribution in [2.24, 2.45) is 5.92 Å². The van der Waals surface area contributed by atoms with Crippen molar-refractivity contribution < 1.29 is 9.84 Å². The monoisotopic (exact) mass is 278 g/mol. The molecular formula is C18H30O2. The standard InChI is InChI=1S/C18H30O2/c19-18-14-10-6-4-2-1-3-5-7-12-16(18)15-11-8-9-13-17(15)20-18/h16,19H,1-14H2. The molecule has 1 aliphatic heterocycles. The van der Waals surface area contributed by atoms with E-state index in [-0.39, 0.29) is 0 Å². The molecular weight excluding hydrogens is 248 g/mol. The second kappa shape index (κ2) is 6.51. The van der Waals surface area contributed by atoms with Crippen molar-refractivity contribution in [1.29, 1.82) is 0 Å². The van der Waals surface area contributed by atoms with Gasteiger partial charge in [-0.1, -0.05) is 44.9 Å². The highest BCUT2D eigenvalue weighted by Crippen LogP contribution is 2.48. The quantitative estimate of drug-likeness (QED) is 0.670. The Kier molecular flexibility index (Phi) is 4.70.